The van der Waals surface area contributed by atoms with Gasteiger partial charge in [-0.1, -0.05) is 0 Å². The average molecular weight is 234 g/mol. The van der Waals surface area contributed by atoms with Gasteiger partial charge in [-0.25, -0.2) is 4.99 Å². The molecule has 0 saturated heterocycles. The molecule has 0 saturated carbocycles. The van der Waals surface area contributed by atoms with Crippen molar-refractivity contribution < 1.29 is 4.74 Å². The van der Waals surface area contributed by atoms with Crippen LogP contribution in [0.1, 0.15) is 10.9 Å². The Kier molecular flexibility index (Phi) is 2.04. The van der Waals surface area contributed by atoms with Crippen LogP contribution in [0.25, 0.3) is 0 Å². The molecule has 3 rings (SSSR count). The Morgan fingerprint density at radius 3 is 3.06 bits per heavy atom. The lowest BCUT2D eigenvalue weighted by Crippen LogP contribution is -2.08. The van der Waals surface area contributed by atoms with Crippen molar-refractivity contribution in [1.82, 2.24) is 0 Å². The molecule has 5 heteroatoms. The topological polar surface area (TPSA) is 46.3 Å². The number of alkyl halides is 1. The number of hydrogen-bond acceptors (Lipinski definition) is 4. The number of rotatable bonds is 1. The van der Waals surface area contributed by atoms with Gasteiger partial charge in [0.1, 0.15) is 5.75 Å². The number of benzene rings is 1. The highest BCUT2D eigenvalue weighted by molar-refractivity contribution is 6.28. The molecule has 0 aliphatic carbocycles. The molecule has 2 aliphatic heterocycles. The molecule has 0 amide bonds. The van der Waals surface area contributed by atoms with Gasteiger partial charge in [-0.3, -0.25) is 0 Å². The van der Waals surface area contributed by atoms with E-state index >= 15 is 0 Å². The maximum Gasteiger partial charge on any atom is 0.181 e. The second-order valence-corrected chi connectivity index (χ2v) is 3.96. The van der Waals surface area contributed by atoms with E-state index < -0.39 is 0 Å². The van der Waals surface area contributed by atoms with Crippen LogP contribution < -0.4 is 4.74 Å². The van der Waals surface area contributed by atoms with Crippen molar-refractivity contribution in [2.24, 2.45) is 15.2 Å². The monoisotopic (exact) mass is 233 g/mol. The van der Waals surface area contributed by atoms with Crippen molar-refractivity contribution in [3.63, 3.8) is 0 Å². The fourth-order valence-corrected chi connectivity index (χ4v) is 2.10. The van der Waals surface area contributed by atoms with Crippen LogP contribution in [0.4, 0.5) is 5.69 Å². The third kappa shape index (κ3) is 1.27. The number of aliphatic imine (C=N–C) groups is 1. The van der Waals surface area contributed by atoms with Gasteiger partial charge in [-0.2, -0.15) is 5.11 Å². The number of nitrogens with zero attached hydrogens (tertiary/aromatic N) is 3. The summed E-state index contributed by atoms with van der Waals surface area (Å²) in [6.07, 6.45) is 1.65. The summed E-state index contributed by atoms with van der Waals surface area (Å²) in [5.41, 5.74) is 2.61. The van der Waals surface area contributed by atoms with E-state index in [0.717, 1.165) is 22.6 Å². The summed E-state index contributed by atoms with van der Waals surface area (Å²) >= 11 is 6.35. The molecule has 1 unspecified atom stereocenters. The van der Waals surface area contributed by atoms with Gasteiger partial charge in [0.2, 0.25) is 0 Å². The van der Waals surface area contributed by atoms with Gasteiger partial charge >= 0.3 is 0 Å². The molecule has 80 valence electrons. The first-order chi connectivity index (χ1) is 7.79. The lowest BCUT2D eigenvalue weighted by molar-refractivity contribution is 0.414. The van der Waals surface area contributed by atoms with Crippen LogP contribution in [0.5, 0.6) is 5.75 Å². The van der Waals surface area contributed by atoms with E-state index in [0.29, 0.717) is 5.84 Å². The van der Waals surface area contributed by atoms with Crippen LogP contribution in [0.2, 0.25) is 0 Å². The summed E-state index contributed by atoms with van der Waals surface area (Å²) in [4.78, 5) is 4.38. The Morgan fingerprint density at radius 1 is 1.38 bits per heavy atom. The minimum atomic E-state index is -0.257. The van der Waals surface area contributed by atoms with Crippen molar-refractivity contribution in [3.05, 3.63) is 35.5 Å². The lowest BCUT2D eigenvalue weighted by atomic mass is 9.99. The van der Waals surface area contributed by atoms with E-state index in [4.69, 9.17) is 16.3 Å². The van der Waals surface area contributed by atoms with Crippen LogP contribution in [0.3, 0.4) is 0 Å². The molecule has 0 N–H and O–H groups in total. The SMILES string of the molecule is COc1ccc2c(c1)C(Cl)C1=CN=NC1=N2. The lowest BCUT2D eigenvalue weighted by Gasteiger charge is -2.18. The van der Waals surface area contributed by atoms with Gasteiger partial charge in [0.05, 0.1) is 24.4 Å². The molecule has 2 heterocycles. The van der Waals surface area contributed by atoms with Crippen LogP contribution in [-0.2, 0) is 0 Å². The summed E-state index contributed by atoms with van der Waals surface area (Å²) in [6.45, 7) is 0. The molecule has 2 aliphatic rings. The molecule has 1 atom stereocenters. The van der Waals surface area contributed by atoms with E-state index in [1.807, 2.05) is 18.2 Å². The third-order valence-electron chi connectivity index (χ3n) is 2.61. The van der Waals surface area contributed by atoms with Crippen LogP contribution in [0, 0.1) is 0 Å². The molecule has 0 radical (unpaired) electrons. The zero-order valence-electron chi connectivity index (χ0n) is 8.51. The standard InChI is InChI=1S/C11H8ClN3O/c1-16-6-2-3-9-7(4-6)10(12)8-5-13-15-11(8)14-9/h2-5,10H,1H3. The summed E-state index contributed by atoms with van der Waals surface area (Å²) in [7, 11) is 1.63. The predicted octanol–water partition coefficient (Wildman–Crippen LogP) is 3.37. The first-order valence-corrected chi connectivity index (χ1v) is 5.25. The predicted molar refractivity (Wildman–Crippen MR) is 61.6 cm³/mol. The smallest absolute Gasteiger partial charge is 0.181 e. The van der Waals surface area contributed by atoms with Crippen molar-refractivity contribution in [3.8, 4) is 5.75 Å². The largest absolute Gasteiger partial charge is 0.497 e. The van der Waals surface area contributed by atoms with Crippen LogP contribution in [-0.4, -0.2) is 12.9 Å². The van der Waals surface area contributed by atoms with Gasteiger partial charge in [-0.05, 0) is 18.2 Å². The van der Waals surface area contributed by atoms with E-state index in [2.05, 4.69) is 15.2 Å². The minimum absolute atomic E-state index is 0.257. The van der Waals surface area contributed by atoms with Crippen molar-refractivity contribution in [1.29, 1.82) is 0 Å². The molecule has 1 aromatic carbocycles. The zero-order valence-corrected chi connectivity index (χ0v) is 9.27. The van der Waals surface area contributed by atoms with Crippen molar-refractivity contribution in [2.75, 3.05) is 7.11 Å². The first-order valence-electron chi connectivity index (χ1n) is 4.81. The molecule has 16 heavy (non-hydrogen) atoms. The highest BCUT2D eigenvalue weighted by Crippen LogP contribution is 2.43. The Bertz CT molecular complexity index is 548. The number of azo groups is 1. The fourth-order valence-electron chi connectivity index (χ4n) is 1.77. The number of methoxy groups -OCH3 is 1. The molecule has 0 aromatic heterocycles. The maximum absolute atomic E-state index is 6.35. The second kappa shape index (κ2) is 3.42. The van der Waals surface area contributed by atoms with Crippen LogP contribution in [0.15, 0.2) is 45.2 Å². The van der Waals surface area contributed by atoms with E-state index in [1.54, 1.807) is 13.3 Å². The number of halogens is 1. The first kappa shape index (κ1) is 9.54. The van der Waals surface area contributed by atoms with Gasteiger partial charge in [-0.15, -0.1) is 16.7 Å². The van der Waals surface area contributed by atoms with Crippen molar-refractivity contribution in [2.45, 2.75) is 5.38 Å². The van der Waals surface area contributed by atoms with Crippen LogP contribution >= 0.6 is 11.6 Å². The Balaban J connectivity index is 2.18. The summed E-state index contributed by atoms with van der Waals surface area (Å²) in [6, 6.07) is 5.63. The van der Waals surface area contributed by atoms with Gasteiger partial charge in [0.15, 0.2) is 5.84 Å². The Labute approximate surface area is 97.3 Å². The quantitative estimate of drug-likeness (QED) is 0.686. The minimum Gasteiger partial charge on any atom is -0.497 e. The molecular formula is C11H8ClN3O. The number of amidine groups is 1. The summed E-state index contributed by atoms with van der Waals surface area (Å²) in [5.74, 6) is 1.38. The highest BCUT2D eigenvalue weighted by Gasteiger charge is 2.28. The molecule has 1 aromatic rings. The highest BCUT2D eigenvalue weighted by atomic mass is 35.5. The fraction of sp³-hybridized carbons (Fsp3) is 0.182. The molecule has 0 bridgehead atoms. The second-order valence-electron chi connectivity index (χ2n) is 3.52. The van der Waals surface area contributed by atoms with Gasteiger partial charge in [0, 0.05) is 11.1 Å². The number of ether oxygens (including phenoxy) is 1. The van der Waals surface area contributed by atoms with Gasteiger partial charge in [0.25, 0.3) is 0 Å². The number of hydrogen-bond donors (Lipinski definition) is 0. The summed E-state index contributed by atoms with van der Waals surface area (Å²) < 4.78 is 5.17. The van der Waals surface area contributed by atoms with E-state index in [9.17, 15) is 0 Å². The van der Waals surface area contributed by atoms with Gasteiger partial charge < -0.3 is 4.74 Å². The number of fused-ring (bicyclic) bond motifs is 2. The molecule has 0 fully saturated rings. The molecule has 0 spiro atoms. The molecular weight excluding hydrogens is 226 g/mol. The summed E-state index contributed by atoms with van der Waals surface area (Å²) in [5, 5.41) is 7.48. The third-order valence-corrected chi connectivity index (χ3v) is 3.08. The average Bonchev–Trinajstić information content (AvgIpc) is 2.77. The van der Waals surface area contributed by atoms with E-state index in [-0.39, 0.29) is 5.38 Å². The molecule has 4 nitrogen and oxygen atoms in total. The maximum atomic E-state index is 6.35. The Morgan fingerprint density at radius 2 is 2.25 bits per heavy atom. The Hall–Kier alpha value is -1.68. The zero-order chi connectivity index (χ0) is 11.1. The van der Waals surface area contributed by atoms with E-state index in [1.165, 1.54) is 0 Å². The normalized spacial score (nSPS) is 21.0. The van der Waals surface area contributed by atoms with Crippen molar-refractivity contribution >= 4 is 23.1 Å².